The van der Waals surface area contributed by atoms with Gasteiger partial charge in [0.2, 0.25) is 0 Å². The van der Waals surface area contributed by atoms with Crippen LogP contribution >= 0.6 is 0 Å². The molecule has 0 saturated heterocycles. The fraction of sp³-hybridized carbons (Fsp3) is 0.765. The minimum atomic E-state index is -4.35. The maximum Gasteiger partial charge on any atom is 0.391 e. The van der Waals surface area contributed by atoms with Gasteiger partial charge in [0.25, 0.3) is 0 Å². The van der Waals surface area contributed by atoms with Gasteiger partial charge in [-0.3, -0.25) is 4.79 Å². The van der Waals surface area contributed by atoms with Crippen LogP contribution in [0.5, 0.6) is 0 Å². The third kappa shape index (κ3) is 6.14. The highest BCUT2D eigenvalue weighted by molar-refractivity contribution is 5.93. The maximum absolute atomic E-state index is 12.6. The summed E-state index contributed by atoms with van der Waals surface area (Å²) in [4.78, 5) is 23.6. The second-order valence-electron chi connectivity index (χ2n) is 7.02. The van der Waals surface area contributed by atoms with E-state index in [1.165, 1.54) is 0 Å². The van der Waals surface area contributed by atoms with Crippen molar-refractivity contribution in [3.05, 3.63) is 12.2 Å². The fourth-order valence-electron chi connectivity index (χ4n) is 3.40. The van der Waals surface area contributed by atoms with Crippen LogP contribution < -0.4 is 0 Å². The molecule has 0 aromatic heterocycles. The summed E-state index contributed by atoms with van der Waals surface area (Å²) in [6.07, 6.45) is -11.9. The molecule has 0 spiro atoms. The van der Waals surface area contributed by atoms with Crippen LogP contribution in [0.3, 0.4) is 0 Å². The Balaban J connectivity index is 1.73. The quantitative estimate of drug-likeness (QED) is 0.387. The van der Waals surface area contributed by atoms with Crippen LogP contribution in [-0.4, -0.2) is 36.5 Å². The van der Waals surface area contributed by atoms with E-state index in [9.17, 15) is 35.9 Å². The summed E-state index contributed by atoms with van der Waals surface area (Å²) < 4.78 is 85.5. The minimum Gasteiger partial charge on any atom is -0.462 e. The average Bonchev–Trinajstić information content (AvgIpc) is 3.15. The Bertz CT molecular complexity index is 583. The van der Waals surface area contributed by atoms with Crippen molar-refractivity contribution in [3.8, 4) is 0 Å². The van der Waals surface area contributed by atoms with Crippen LogP contribution in [0.25, 0.3) is 0 Å². The number of hydrogen-bond donors (Lipinski definition) is 0. The third-order valence-corrected chi connectivity index (χ3v) is 4.91. The zero-order valence-corrected chi connectivity index (χ0v) is 14.4. The lowest BCUT2D eigenvalue weighted by atomic mass is 10.1. The molecule has 4 atom stereocenters. The van der Waals surface area contributed by atoms with Gasteiger partial charge in [0.1, 0.15) is 12.2 Å². The Morgan fingerprint density at radius 1 is 0.815 bits per heavy atom. The molecule has 0 heterocycles. The monoisotopic (exact) mass is 402 g/mol. The largest absolute Gasteiger partial charge is 0.462 e. The maximum atomic E-state index is 12.6. The number of carbonyl (C=O) groups is 2. The van der Waals surface area contributed by atoms with E-state index in [4.69, 9.17) is 9.47 Å². The number of alkyl halides is 6. The highest BCUT2D eigenvalue weighted by Gasteiger charge is 2.46. The van der Waals surface area contributed by atoms with Crippen LogP contribution in [0.4, 0.5) is 26.3 Å². The van der Waals surface area contributed by atoms with Crippen LogP contribution in [-0.2, 0) is 19.1 Å². The van der Waals surface area contributed by atoms with Crippen LogP contribution in [0.15, 0.2) is 12.2 Å². The Morgan fingerprint density at radius 3 is 1.67 bits per heavy atom. The van der Waals surface area contributed by atoms with Gasteiger partial charge in [-0.25, -0.2) is 4.79 Å². The molecule has 2 rings (SSSR count). The first-order valence-corrected chi connectivity index (χ1v) is 8.58. The minimum absolute atomic E-state index is 0.0640. The third-order valence-electron chi connectivity index (χ3n) is 4.91. The first-order valence-electron chi connectivity index (χ1n) is 8.58. The Labute approximate surface area is 151 Å². The lowest BCUT2D eigenvalue weighted by Gasteiger charge is -2.17. The van der Waals surface area contributed by atoms with E-state index in [1.54, 1.807) is 0 Å². The summed E-state index contributed by atoms with van der Waals surface area (Å²) in [5, 5.41) is 0. The van der Waals surface area contributed by atoms with E-state index in [0.29, 0.717) is 0 Å². The van der Waals surface area contributed by atoms with E-state index in [0.717, 1.165) is 0 Å². The standard InChI is InChI=1S/C17H20F6O4/c1-9(15(25)27-13-5-3-11(8-13)17(21,22)23)6-14(24)26-12-4-2-10(7-12)16(18,19)20/h10-13H,1-8H2. The zero-order chi connectivity index (χ0) is 20.4. The second-order valence-corrected chi connectivity index (χ2v) is 7.02. The van der Waals surface area contributed by atoms with Crippen molar-refractivity contribution in [1.29, 1.82) is 0 Å². The molecule has 2 saturated carbocycles. The molecular weight excluding hydrogens is 382 g/mol. The molecule has 0 aromatic rings. The highest BCUT2D eigenvalue weighted by Crippen LogP contribution is 2.41. The van der Waals surface area contributed by atoms with Crippen LogP contribution in [0, 0.1) is 11.8 Å². The molecule has 0 aromatic carbocycles. The Morgan fingerprint density at radius 2 is 1.26 bits per heavy atom. The molecule has 0 N–H and O–H groups in total. The topological polar surface area (TPSA) is 52.6 Å². The summed E-state index contributed by atoms with van der Waals surface area (Å²) in [5.74, 6) is -4.96. The van der Waals surface area contributed by atoms with Crippen molar-refractivity contribution in [2.75, 3.05) is 0 Å². The molecule has 0 bridgehead atoms. The number of esters is 2. The molecule has 2 aliphatic rings. The summed E-state index contributed by atoms with van der Waals surface area (Å²) in [6, 6.07) is 0. The molecule has 10 heteroatoms. The van der Waals surface area contributed by atoms with E-state index in [2.05, 4.69) is 6.58 Å². The molecule has 0 amide bonds. The summed E-state index contributed by atoms with van der Waals surface area (Å²) in [6.45, 7) is 3.36. The Hall–Kier alpha value is -1.74. The van der Waals surface area contributed by atoms with E-state index in [1.807, 2.05) is 0 Å². The summed E-state index contributed by atoms with van der Waals surface area (Å²) >= 11 is 0. The number of ether oxygens (including phenoxy) is 2. The number of halogens is 6. The van der Waals surface area contributed by atoms with Crippen LogP contribution in [0.2, 0.25) is 0 Å². The first kappa shape index (κ1) is 21.6. The van der Waals surface area contributed by atoms with Crippen molar-refractivity contribution in [1.82, 2.24) is 0 Å². The van der Waals surface area contributed by atoms with Crippen molar-refractivity contribution in [2.45, 2.75) is 69.5 Å². The molecule has 4 nitrogen and oxygen atoms in total. The Kier molecular flexibility index (Phi) is 6.47. The van der Waals surface area contributed by atoms with Crippen LogP contribution in [0.1, 0.15) is 44.9 Å². The molecule has 0 aliphatic heterocycles. The highest BCUT2D eigenvalue weighted by atomic mass is 19.4. The number of hydrogen-bond acceptors (Lipinski definition) is 4. The SMILES string of the molecule is C=C(CC(=O)OC1CCC(C(F)(F)F)C1)C(=O)OC1CCC(C(F)(F)F)C1. The second kappa shape index (κ2) is 8.10. The molecular formula is C17H20F6O4. The van der Waals surface area contributed by atoms with Gasteiger partial charge in [-0.05, 0) is 38.5 Å². The van der Waals surface area contributed by atoms with Crippen molar-refractivity contribution in [2.24, 2.45) is 11.8 Å². The van der Waals surface area contributed by atoms with Gasteiger partial charge in [0, 0.05) is 5.57 Å². The fourth-order valence-corrected chi connectivity index (χ4v) is 3.40. The van der Waals surface area contributed by atoms with Gasteiger partial charge < -0.3 is 9.47 Å². The molecule has 2 fully saturated rings. The van der Waals surface area contributed by atoms with Crippen molar-refractivity contribution in [3.63, 3.8) is 0 Å². The molecule has 4 unspecified atom stereocenters. The van der Waals surface area contributed by atoms with E-state index in [-0.39, 0.29) is 44.1 Å². The number of carbonyl (C=O) groups excluding carboxylic acids is 2. The van der Waals surface area contributed by atoms with Crippen molar-refractivity contribution < 1.29 is 45.4 Å². The molecule has 27 heavy (non-hydrogen) atoms. The predicted molar refractivity (Wildman–Crippen MR) is 80.3 cm³/mol. The predicted octanol–water partition coefficient (Wildman–Crippen LogP) is 4.48. The summed E-state index contributed by atoms with van der Waals surface area (Å²) in [5.41, 5.74) is -0.305. The van der Waals surface area contributed by atoms with Gasteiger partial charge in [-0.15, -0.1) is 0 Å². The number of rotatable bonds is 5. The van der Waals surface area contributed by atoms with Gasteiger partial charge in [0.05, 0.1) is 18.3 Å². The lowest BCUT2D eigenvalue weighted by molar-refractivity contribution is -0.176. The van der Waals surface area contributed by atoms with Gasteiger partial charge in [0.15, 0.2) is 0 Å². The lowest BCUT2D eigenvalue weighted by Crippen LogP contribution is -2.24. The molecule has 2 aliphatic carbocycles. The average molecular weight is 402 g/mol. The van der Waals surface area contributed by atoms with E-state index < -0.39 is 54.8 Å². The summed E-state index contributed by atoms with van der Waals surface area (Å²) in [7, 11) is 0. The van der Waals surface area contributed by atoms with Gasteiger partial charge in [-0.1, -0.05) is 6.58 Å². The van der Waals surface area contributed by atoms with Gasteiger partial charge >= 0.3 is 24.3 Å². The van der Waals surface area contributed by atoms with E-state index >= 15 is 0 Å². The smallest absolute Gasteiger partial charge is 0.391 e. The van der Waals surface area contributed by atoms with Crippen molar-refractivity contribution >= 4 is 11.9 Å². The van der Waals surface area contributed by atoms with Gasteiger partial charge in [-0.2, -0.15) is 26.3 Å². The zero-order valence-electron chi connectivity index (χ0n) is 14.4. The molecule has 0 radical (unpaired) electrons. The first-order chi connectivity index (χ1) is 12.4. The molecule has 154 valence electrons. The normalized spacial score (nSPS) is 28.8.